The molecule has 0 aliphatic carbocycles. The largest absolute Gasteiger partial charge is 0.383 e. The molecule has 0 bridgehead atoms. The molecule has 7 nitrogen and oxygen atoms in total. The van der Waals surface area contributed by atoms with Crippen LogP contribution in [0.5, 0.6) is 0 Å². The standard InChI is InChI=1S/C19H21N5O2S/c1-26-11-10-21-17(25)14-27-19-23-22-18(16-8-5-9-20-12-16)24(19)13-15-6-3-2-4-7-15/h2-9,12H,10-11,13-14H2,1H3,(H,21,25). The number of amides is 1. The summed E-state index contributed by atoms with van der Waals surface area (Å²) in [6, 6.07) is 13.9. The fraction of sp³-hybridized carbons (Fsp3) is 0.263. The number of carbonyl (C=O) groups excluding carboxylic acids is 1. The highest BCUT2D eigenvalue weighted by atomic mass is 32.2. The maximum absolute atomic E-state index is 12.0. The number of benzene rings is 1. The molecule has 1 aromatic carbocycles. The third-order valence-corrected chi connectivity index (χ3v) is 4.75. The highest BCUT2D eigenvalue weighted by Gasteiger charge is 2.16. The molecule has 0 aliphatic rings. The van der Waals surface area contributed by atoms with Crippen molar-refractivity contribution in [1.29, 1.82) is 0 Å². The zero-order chi connectivity index (χ0) is 18.9. The van der Waals surface area contributed by atoms with Gasteiger partial charge in [-0.3, -0.25) is 14.3 Å². The zero-order valence-electron chi connectivity index (χ0n) is 15.0. The number of nitrogens with zero attached hydrogens (tertiary/aromatic N) is 4. The average Bonchev–Trinajstić information content (AvgIpc) is 3.10. The molecule has 0 aliphatic heterocycles. The predicted octanol–water partition coefficient (Wildman–Crippen LogP) is 2.24. The van der Waals surface area contributed by atoms with Crippen LogP contribution in [0.4, 0.5) is 0 Å². The number of aromatic nitrogens is 4. The number of ether oxygens (including phenoxy) is 1. The number of pyridine rings is 1. The lowest BCUT2D eigenvalue weighted by Crippen LogP contribution is -2.28. The maximum atomic E-state index is 12.0. The number of nitrogens with one attached hydrogen (secondary N) is 1. The number of hydrogen-bond acceptors (Lipinski definition) is 6. The molecule has 0 fully saturated rings. The second kappa shape index (κ2) is 9.84. The Labute approximate surface area is 162 Å². The van der Waals surface area contributed by atoms with Crippen molar-refractivity contribution in [3.8, 4) is 11.4 Å². The Kier molecular flexibility index (Phi) is 6.95. The van der Waals surface area contributed by atoms with Gasteiger partial charge < -0.3 is 10.1 Å². The average molecular weight is 383 g/mol. The Hall–Kier alpha value is -2.71. The zero-order valence-corrected chi connectivity index (χ0v) is 15.9. The van der Waals surface area contributed by atoms with Crippen LogP contribution in [-0.2, 0) is 16.1 Å². The first-order chi connectivity index (χ1) is 13.3. The molecular formula is C19H21N5O2S. The number of methoxy groups -OCH3 is 1. The van der Waals surface area contributed by atoms with Crippen LogP contribution in [0.1, 0.15) is 5.56 Å². The van der Waals surface area contributed by atoms with Gasteiger partial charge >= 0.3 is 0 Å². The van der Waals surface area contributed by atoms with E-state index in [-0.39, 0.29) is 11.7 Å². The van der Waals surface area contributed by atoms with Gasteiger partial charge in [0.25, 0.3) is 0 Å². The van der Waals surface area contributed by atoms with Crippen molar-refractivity contribution in [2.45, 2.75) is 11.7 Å². The van der Waals surface area contributed by atoms with Crippen LogP contribution in [0, 0.1) is 0 Å². The minimum atomic E-state index is -0.0609. The molecule has 0 saturated carbocycles. The third-order valence-electron chi connectivity index (χ3n) is 3.78. The molecule has 0 spiro atoms. The molecule has 1 amide bonds. The lowest BCUT2D eigenvalue weighted by atomic mass is 10.2. The van der Waals surface area contributed by atoms with Crippen molar-refractivity contribution in [3.05, 3.63) is 60.4 Å². The van der Waals surface area contributed by atoms with E-state index in [1.807, 2.05) is 34.9 Å². The van der Waals surface area contributed by atoms with Crippen LogP contribution in [0.25, 0.3) is 11.4 Å². The lowest BCUT2D eigenvalue weighted by molar-refractivity contribution is -0.118. The summed E-state index contributed by atoms with van der Waals surface area (Å²) in [4.78, 5) is 16.2. The van der Waals surface area contributed by atoms with E-state index >= 15 is 0 Å². The first kappa shape index (κ1) is 19.1. The summed E-state index contributed by atoms with van der Waals surface area (Å²) in [6.07, 6.45) is 3.48. The summed E-state index contributed by atoms with van der Waals surface area (Å²) >= 11 is 1.36. The molecular weight excluding hydrogens is 362 g/mol. The van der Waals surface area contributed by atoms with Crippen molar-refractivity contribution in [2.24, 2.45) is 0 Å². The van der Waals surface area contributed by atoms with Crippen molar-refractivity contribution >= 4 is 17.7 Å². The van der Waals surface area contributed by atoms with Crippen LogP contribution in [0.2, 0.25) is 0 Å². The van der Waals surface area contributed by atoms with Crippen molar-refractivity contribution < 1.29 is 9.53 Å². The van der Waals surface area contributed by atoms with E-state index in [0.717, 1.165) is 17.0 Å². The molecule has 0 atom stereocenters. The van der Waals surface area contributed by atoms with E-state index in [1.54, 1.807) is 19.5 Å². The summed E-state index contributed by atoms with van der Waals surface area (Å²) in [7, 11) is 1.60. The monoisotopic (exact) mass is 383 g/mol. The normalized spacial score (nSPS) is 10.7. The summed E-state index contributed by atoms with van der Waals surface area (Å²) < 4.78 is 6.95. The molecule has 140 valence electrons. The predicted molar refractivity (Wildman–Crippen MR) is 104 cm³/mol. The van der Waals surface area contributed by atoms with Crippen LogP contribution >= 0.6 is 11.8 Å². The molecule has 0 unspecified atom stereocenters. The van der Waals surface area contributed by atoms with Gasteiger partial charge in [0.05, 0.1) is 18.9 Å². The van der Waals surface area contributed by atoms with Gasteiger partial charge in [0, 0.05) is 31.6 Å². The van der Waals surface area contributed by atoms with Gasteiger partial charge in [-0.15, -0.1) is 10.2 Å². The quantitative estimate of drug-likeness (QED) is 0.451. The van der Waals surface area contributed by atoms with E-state index in [1.165, 1.54) is 11.8 Å². The topological polar surface area (TPSA) is 81.9 Å². The van der Waals surface area contributed by atoms with Gasteiger partial charge in [-0.1, -0.05) is 42.1 Å². The molecule has 0 radical (unpaired) electrons. The molecule has 3 rings (SSSR count). The van der Waals surface area contributed by atoms with Gasteiger partial charge in [-0.05, 0) is 17.7 Å². The van der Waals surface area contributed by atoms with Crippen LogP contribution < -0.4 is 5.32 Å². The smallest absolute Gasteiger partial charge is 0.230 e. The Bertz CT molecular complexity index is 855. The number of thioether (sulfide) groups is 1. The minimum Gasteiger partial charge on any atom is -0.383 e. The van der Waals surface area contributed by atoms with Crippen LogP contribution in [0.15, 0.2) is 60.0 Å². The SMILES string of the molecule is COCCNC(=O)CSc1nnc(-c2cccnc2)n1Cc1ccccc1. The second-order valence-electron chi connectivity index (χ2n) is 5.75. The summed E-state index contributed by atoms with van der Waals surface area (Å²) in [6.45, 7) is 1.60. The fourth-order valence-corrected chi connectivity index (χ4v) is 3.25. The van der Waals surface area contributed by atoms with Crippen LogP contribution in [0.3, 0.4) is 0 Å². The third kappa shape index (κ3) is 5.38. The van der Waals surface area contributed by atoms with E-state index in [4.69, 9.17) is 4.74 Å². The summed E-state index contributed by atoms with van der Waals surface area (Å²) in [5.74, 6) is 0.937. The van der Waals surface area contributed by atoms with Crippen LogP contribution in [-0.4, -0.2) is 51.7 Å². The molecule has 8 heteroatoms. The molecule has 2 aromatic heterocycles. The highest BCUT2D eigenvalue weighted by molar-refractivity contribution is 7.99. The first-order valence-electron chi connectivity index (χ1n) is 8.54. The van der Waals surface area contributed by atoms with Gasteiger partial charge in [-0.25, -0.2) is 0 Å². The molecule has 27 heavy (non-hydrogen) atoms. The summed E-state index contributed by atoms with van der Waals surface area (Å²) in [5, 5.41) is 12.1. The molecule has 0 saturated heterocycles. The van der Waals surface area contributed by atoms with Gasteiger partial charge in [-0.2, -0.15) is 0 Å². The Morgan fingerprint density at radius 2 is 2.04 bits per heavy atom. The Morgan fingerprint density at radius 3 is 2.78 bits per heavy atom. The molecule has 2 heterocycles. The van der Waals surface area contributed by atoms with Crippen molar-refractivity contribution in [2.75, 3.05) is 26.0 Å². The highest BCUT2D eigenvalue weighted by Crippen LogP contribution is 2.24. The van der Waals surface area contributed by atoms with Crippen molar-refractivity contribution in [1.82, 2.24) is 25.1 Å². The number of carbonyl (C=O) groups is 1. The van der Waals surface area contributed by atoms with Crippen molar-refractivity contribution in [3.63, 3.8) is 0 Å². The number of rotatable bonds is 9. The van der Waals surface area contributed by atoms with E-state index in [2.05, 4.69) is 32.6 Å². The lowest BCUT2D eigenvalue weighted by Gasteiger charge is -2.10. The molecule has 1 N–H and O–H groups in total. The van der Waals surface area contributed by atoms with Gasteiger partial charge in [0.2, 0.25) is 5.91 Å². The minimum absolute atomic E-state index is 0.0609. The second-order valence-corrected chi connectivity index (χ2v) is 6.69. The Morgan fingerprint density at radius 1 is 1.19 bits per heavy atom. The molecule has 3 aromatic rings. The van der Waals surface area contributed by atoms with Gasteiger partial charge in [0.1, 0.15) is 0 Å². The Balaban J connectivity index is 1.79. The number of hydrogen-bond donors (Lipinski definition) is 1. The first-order valence-corrected chi connectivity index (χ1v) is 9.52. The van der Waals surface area contributed by atoms with E-state index in [0.29, 0.717) is 24.9 Å². The van der Waals surface area contributed by atoms with E-state index < -0.39 is 0 Å². The van der Waals surface area contributed by atoms with E-state index in [9.17, 15) is 4.79 Å². The maximum Gasteiger partial charge on any atom is 0.230 e. The summed E-state index contributed by atoms with van der Waals surface area (Å²) in [5.41, 5.74) is 2.02. The van der Waals surface area contributed by atoms with Gasteiger partial charge in [0.15, 0.2) is 11.0 Å². The fourth-order valence-electron chi connectivity index (χ4n) is 2.49.